The van der Waals surface area contributed by atoms with Crippen LogP contribution < -0.4 is 11.5 Å². The van der Waals surface area contributed by atoms with Gasteiger partial charge in [0.15, 0.2) is 0 Å². The van der Waals surface area contributed by atoms with Crippen molar-refractivity contribution < 1.29 is 0 Å². The molecule has 12 heavy (non-hydrogen) atoms. The third-order valence-corrected chi connectivity index (χ3v) is 1.95. The van der Waals surface area contributed by atoms with Crippen LogP contribution in [0.25, 0.3) is 0 Å². The largest absolute Gasteiger partial charge is 0.404 e. The standard InChI is InChI=1S/C10H20N2/c1-4-6-9(8-11)10(3,12)7-5-2/h4,6,8H,5,7,11-12H2,1-3H3/b6-4-,9-8-. The summed E-state index contributed by atoms with van der Waals surface area (Å²) in [5, 5.41) is 0. The van der Waals surface area contributed by atoms with E-state index >= 15 is 0 Å². The molecule has 0 aliphatic carbocycles. The van der Waals surface area contributed by atoms with Crippen LogP contribution in [0.3, 0.4) is 0 Å². The fourth-order valence-corrected chi connectivity index (χ4v) is 1.28. The predicted octanol–water partition coefficient (Wildman–Crippen LogP) is 1.92. The molecule has 0 heterocycles. The van der Waals surface area contributed by atoms with Crippen molar-refractivity contribution in [3.05, 3.63) is 23.9 Å². The third-order valence-electron chi connectivity index (χ3n) is 1.95. The molecule has 1 unspecified atom stereocenters. The number of nitrogens with two attached hydrogens (primary N) is 2. The van der Waals surface area contributed by atoms with E-state index in [2.05, 4.69) is 6.92 Å². The summed E-state index contributed by atoms with van der Waals surface area (Å²) in [6.07, 6.45) is 7.55. The second-order valence-corrected chi connectivity index (χ2v) is 3.29. The highest BCUT2D eigenvalue weighted by molar-refractivity contribution is 5.28. The summed E-state index contributed by atoms with van der Waals surface area (Å²) >= 11 is 0. The average Bonchev–Trinajstić information content (AvgIpc) is 1.99. The second kappa shape index (κ2) is 4.99. The lowest BCUT2D eigenvalue weighted by molar-refractivity contribution is 0.505. The van der Waals surface area contributed by atoms with Gasteiger partial charge in [-0.15, -0.1) is 0 Å². The van der Waals surface area contributed by atoms with Gasteiger partial charge in [0.2, 0.25) is 0 Å². The van der Waals surface area contributed by atoms with E-state index in [1.54, 1.807) is 6.20 Å². The van der Waals surface area contributed by atoms with E-state index in [0.717, 1.165) is 18.4 Å². The van der Waals surface area contributed by atoms with Crippen LogP contribution in [0.5, 0.6) is 0 Å². The first kappa shape index (κ1) is 11.2. The molecule has 0 radical (unpaired) electrons. The zero-order chi connectivity index (χ0) is 9.61. The molecular formula is C10H20N2. The van der Waals surface area contributed by atoms with E-state index in [1.807, 2.05) is 26.0 Å². The predicted molar refractivity (Wildman–Crippen MR) is 54.6 cm³/mol. The molecule has 0 fully saturated rings. The maximum Gasteiger partial charge on any atom is 0.0395 e. The Bertz CT molecular complexity index is 178. The molecular weight excluding hydrogens is 148 g/mol. The molecule has 0 aromatic rings. The molecule has 0 bridgehead atoms. The molecule has 0 aliphatic heterocycles. The van der Waals surface area contributed by atoms with Crippen molar-refractivity contribution in [2.45, 2.75) is 39.2 Å². The maximum atomic E-state index is 6.07. The van der Waals surface area contributed by atoms with E-state index in [0.29, 0.717) is 0 Å². The molecule has 0 saturated heterocycles. The lowest BCUT2D eigenvalue weighted by Gasteiger charge is -2.25. The molecule has 2 heteroatoms. The topological polar surface area (TPSA) is 52.0 Å². The van der Waals surface area contributed by atoms with Gasteiger partial charge in [0.1, 0.15) is 0 Å². The van der Waals surface area contributed by atoms with Gasteiger partial charge in [-0.25, -0.2) is 0 Å². The highest BCUT2D eigenvalue weighted by Crippen LogP contribution is 2.19. The normalized spacial score (nSPS) is 18.2. The molecule has 0 aromatic carbocycles. The highest BCUT2D eigenvalue weighted by Gasteiger charge is 2.19. The van der Waals surface area contributed by atoms with Gasteiger partial charge in [0.05, 0.1) is 0 Å². The summed E-state index contributed by atoms with van der Waals surface area (Å²) in [7, 11) is 0. The van der Waals surface area contributed by atoms with Gasteiger partial charge in [0.25, 0.3) is 0 Å². The van der Waals surface area contributed by atoms with Crippen molar-refractivity contribution in [2.24, 2.45) is 11.5 Å². The van der Waals surface area contributed by atoms with Crippen LogP contribution in [0.1, 0.15) is 33.6 Å². The zero-order valence-electron chi connectivity index (χ0n) is 8.30. The molecule has 0 amide bonds. The van der Waals surface area contributed by atoms with E-state index in [4.69, 9.17) is 11.5 Å². The van der Waals surface area contributed by atoms with E-state index in [9.17, 15) is 0 Å². The molecule has 4 N–H and O–H groups in total. The van der Waals surface area contributed by atoms with Gasteiger partial charge in [-0.3, -0.25) is 0 Å². The first-order valence-corrected chi connectivity index (χ1v) is 4.42. The van der Waals surface area contributed by atoms with Crippen molar-refractivity contribution in [1.82, 2.24) is 0 Å². The van der Waals surface area contributed by atoms with Gasteiger partial charge in [-0.1, -0.05) is 25.5 Å². The average molecular weight is 168 g/mol. The Labute approximate surface area is 75.3 Å². The molecule has 0 aromatic heterocycles. The second-order valence-electron chi connectivity index (χ2n) is 3.29. The van der Waals surface area contributed by atoms with Crippen molar-refractivity contribution in [3.63, 3.8) is 0 Å². The lowest BCUT2D eigenvalue weighted by Crippen LogP contribution is -2.38. The van der Waals surface area contributed by atoms with Crippen molar-refractivity contribution >= 4 is 0 Å². The van der Waals surface area contributed by atoms with Gasteiger partial charge < -0.3 is 11.5 Å². The molecule has 0 rings (SSSR count). The van der Waals surface area contributed by atoms with Crippen molar-refractivity contribution in [1.29, 1.82) is 0 Å². The number of rotatable bonds is 4. The van der Waals surface area contributed by atoms with Crippen LogP contribution in [0.4, 0.5) is 0 Å². The Morgan fingerprint density at radius 2 is 2.08 bits per heavy atom. The first-order chi connectivity index (χ1) is 5.58. The summed E-state index contributed by atoms with van der Waals surface area (Å²) < 4.78 is 0. The minimum Gasteiger partial charge on any atom is -0.404 e. The summed E-state index contributed by atoms with van der Waals surface area (Å²) in [5.74, 6) is 0. The monoisotopic (exact) mass is 168 g/mol. The Morgan fingerprint density at radius 3 is 2.42 bits per heavy atom. The Hall–Kier alpha value is -0.760. The minimum absolute atomic E-state index is 0.282. The molecule has 2 nitrogen and oxygen atoms in total. The Morgan fingerprint density at radius 1 is 1.50 bits per heavy atom. The number of hydrogen-bond donors (Lipinski definition) is 2. The van der Waals surface area contributed by atoms with Gasteiger partial charge in [-0.05, 0) is 32.0 Å². The Kier molecular flexibility index (Phi) is 4.67. The van der Waals surface area contributed by atoms with E-state index < -0.39 is 0 Å². The van der Waals surface area contributed by atoms with Crippen LogP contribution in [-0.4, -0.2) is 5.54 Å². The van der Waals surface area contributed by atoms with Gasteiger partial charge in [-0.2, -0.15) is 0 Å². The van der Waals surface area contributed by atoms with E-state index in [-0.39, 0.29) is 5.54 Å². The quantitative estimate of drug-likeness (QED) is 0.630. The summed E-state index contributed by atoms with van der Waals surface area (Å²) in [4.78, 5) is 0. The number of hydrogen-bond acceptors (Lipinski definition) is 2. The summed E-state index contributed by atoms with van der Waals surface area (Å²) in [5.41, 5.74) is 12.3. The van der Waals surface area contributed by atoms with Crippen LogP contribution in [0.2, 0.25) is 0 Å². The first-order valence-electron chi connectivity index (χ1n) is 4.42. The molecule has 0 spiro atoms. The Balaban J connectivity index is 4.49. The highest BCUT2D eigenvalue weighted by atomic mass is 14.7. The number of allylic oxidation sites excluding steroid dienone is 1. The maximum absolute atomic E-state index is 6.07. The summed E-state index contributed by atoms with van der Waals surface area (Å²) in [6.45, 7) is 6.09. The fourth-order valence-electron chi connectivity index (χ4n) is 1.28. The van der Waals surface area contributed by atoms with Gasteiger partial charge >= 0.3 is 0 Å². The van der Waals surface area contributed by atoms with E-state index in [1.165, 1.54) is 0 Å². The van der Waals surface area contributed by atoms with Crippen molar-refractivity contribution in [2.75, 3.05) is 0 Å². The van der Waals surface area contributed by atoms with Crippen LogP contribution in [0, 0.1) is 0 Å². The molecule has 0 aliphatic rings. The van der Waals surface area contributed by atoms with Crippen LogP contribution >= 0.6 is 0 Å². The van der Waals surface area contributed by atoms with Crippen LogP contribution in [-0.2, 0) is 0 Å². The minimum atomic E-state index is -0.282. The lowest BCUT2D eigenvalue weighted by atomic mass is 9.88. The zero-order valence-corrected chi connectivity index (χ0v) is 8.30. The van der Waals surface area contributed by atoms with Gasteiger partial charge in [0, 0.05) is 5.54 Å². The van der Waals surface area contributed by atoms with Crippen LogP contribution in [0.15, 0.2) is 23.9 Å². The van der Waals surface area contributed by atoms with Crippen molar-refractivity contribution in [3.8, 4) is 0 Å². The smallest absolute Gasteiger partial charge is 0.0395 e. The third kappa shape index (κ3) is 3.09. The molecule has 0 saturated carbocycles. The molecule has 1 atom stereocenters. The molecule has 70 valence electrons. The fraction of sp³-hybridized carbons (Fsp3) is 0.600. The SMILES string of the molecule is C/C=C\C(=C\N)C(C)(N)CCC. The summed E-state index contributed by atoms with van der Waals surface area (Å²) in [6, 6.07) is 0.